The van der Waals surface area contributed by atoms with E-state index in [1.165, 1.54) is 11.1 Å². The maximum absolute atomic E-state index is 2.30. The van der Waals surface area contributed by atoms with E-state index in [-0.39, 0.29) is 0 Å². The van der Waals surface area contributed by atoms with Gasteiger partial charge in [0.15, 0.2) is 0 Å². The van der Waals surface area contributed by atoms with Crippen LogP contribution in [0.2, 0.25) is 0 Å². The normalized spacial score (nSPS) is 12.3. The zero-order valence-electron chi connectivity index (χ0n) is 9.64. The highest BCUT2D eigenvalue weighted by Crippen LogP contribution is 2.21. The summed E-state index contributed by atoms with van der Waals surface area (Å²) in [4.78, 5) is 0. The van der Waals surface area contributed by atoms with Crippen molar-refractivity contribution in [1.29, 1.82) is 0 Å². The molecular weight excluding hydrogens is 192 g/mol. The van der Waals surface area contributed by atoms with Gasteiger partial charge in [-0.05, 0) is 29.9 Å². The van der Waals surface area contributed by atoms with E-state index >= 15 is 0 Å². The van der Waals surface area contributed by atoms with E-state index in [4.69, 9.17) is 0 Å². The molecule has 0 heteroatoms. The van der Waals surface area contributed by atoms with Gasteiger partial charge in [0.25, 0.3) is 0 Å². The van der Waals surface area contributed by atoms with Crippen molar-refractivity contribution in [2.75, 3.05) is 0 Å². The van der Waals surface area contributed by atoms with Gasteiger partial charge in [0.05, 0.1) is 0 Å². The summed E-state index contributed by atoms with van der Waals surface area (Å²) in [5.74, 6) is 0.585. The van der Waals surface area contributed by atoms with Crippen molar-refractivity contribution in [2.45, 2.75) is 19.3 Å². The molecule has 2 aromatic rings. The SMILES string of the molecule is CC(C[CH]c1ccccc1)c1ccccc1. The summed E-state index contributed by atoms with van der Waals surface area (Å²) in [7, 11) is 0. The molecule has 0 heterocycles. The quantitative estimate of drug-likeness (QED) is 0.698. The van der Waals surface area contributed by atoms with E-state index < -0.39 is 0 Å². The first kappa shape index (κ1) is 10.9. The predicted molar refractivity (Wildman–Crippen MR) is 69.3 cm³/mol. The van der Waals surface area contributed by atoms with E-state index in [0.717, 1.165) is 6.42 Å². The lowest BCUT2D eigenvalue weighted by atomic mass is 9.94. The average molecular weight is 209 g/mol. The largest absolute Gasteiger partial charge is 0.0622 e. The van der Waals surface area contributed by atoms with Crippen molar-refractivity contribution in [1.82, 2.24) is 0 Å². The van der Waals surface area contributed by atoms with Crippen molar-refractivity contribution in [2.24, 2.45) is 0 Å². The van der Waals surface area contributed by atoms with Crippen molar-refractivity contribution in [3.8, 4) is 0 Å². The van der Waals surface area contributed by atoms with Crippen LogP contribution in [-0.2, 0) is 0 Å². The monoisotopic (exact) mass is 209 g/mol. The summed E-state index contributed by atoms with van der Waals surface area (Å²) >= 11 is 0. The summed E-state index contributed by atoms with van der Waals surface area (Å²) in [5, 5.41) is 0. The maximum Gasteiger partial charge on any atom is -0.00872 e. The Balaban J connectivity index is 1.92. The van der Waals surface area contributed by atoms with Crippen LogP contribution in [-0.4, -0.2) is 0 Å². The number of hydrogen-bond donors (Lipinski definition) is 0. The highest BCUT2D eigenvalue weighted by molar-refractivity contribution is 5.25. The molecule has 0 amide bonds. The molecular formula is C16H17. The summed E-state index contributed by atoms with van der Waals surface area (Å²) < 4.78 is 0. The third-order valence-corrected chi connectivity index (χ3v) is 2.88. The number of hydrogen-bond acceptors (Lipinski definition) is 0. The summed E-state index contributed by atoms with van der Waals surface area (Å²) in [6.07, 6.45) is 3.39. The Hall–Kier alpha value is -1.56. The second-order valence-corrected chi connectivity index (χ2v) is 4.16. The highest BCUT2D eigenvalue weighted by atomic mass is 14.1. The van der Waals surface area contributed by atoms with Gasteiger partial charge in [0.1, 0.15) is 0 Å². The minimum absolute atomic E-state index is 0.585. The fourth-order valence-corrected chi connectivity index (χ4v) is 1.82. The van der Waals surface area contributed by atoms with Gasteiger partial charge >= 0.3 is 0 Å². The van der Waals surface area contributed by atoms with Gasteiger partial charge in [0, 0.05) is 0 Å². The van der Waals surface area contributed by atoms with E-state index in [0.29, 0.717) is 5.92 Å². The molecule has 0 aliphatic heterocycles. The van der Waals surface area contributed by atoms with E-state index in [1.54, 1.807) is 0 Å². The van der Waals surface area contributed by atoms with E-state index in [1.807, 2.05) is 0 Å². The fourth-order valence-electron chi connectivity index (χ4n) is 1.82. The zero-order valence-corrected chi connectivity index (χ0v) is 9.64. The lowest BCUT2D eigenvalue weighted by Crippen LogP contribution is -1.94. The van der Waals surface area contributed by atoms with Crippen LogP contribution in [0.25, 0.3) is 0 Å². The van der Waals surface area contributed by atoms with Gasteiger partial charge in [-0.25, -0.2) is 0 Å². The minimum Gasteiger partial charge on any atom is -0.0622 e. The van der Waals surface area contributed by atoms with Crippen LogP contribution >= 0.6 is 0 Å². The second-order valence-electron chi connectivity index (χ2n) is 4.16. The van der Waals surface area contributed by atoms with Gasteiger partial charge in [-0.15, -0.1) is 0 Å². The number of rotatable bonds is 4. The molecule has 0 saturated carbocycles. The van der Waals surface area contributed by atoms with Crippen LogP contribution in [0.5, 0.6) is 0 Å². The molecule has 0 nitrogen and oxygen atoms in total. The van der Waals surface area contributed by atoms with E-state index in [2.05, 4.69) is 74.0 Å². The van der Waals surface area contributed by atoms with Crippen LogP contribution < -0.4 is 0 Å². The Bertz CT molecular complexity index is 403. The van der Waals surface area contributed by atoms with Crippen molar-refractivity contribution in [3.05, 3.63) is 78.2 Å². The standard InChI is InChI=1S/C16H17/c1-14(16-10-6-3-7-11-16)12-13-15-8-4-2-5-9-15/h2-11,13-14H,12H2,1H3. The molecule has 0 bridgehead atoms. The Morgan fingerprint density at radius 1 is 0.875 bits per heavy atom. The molecule has 1 unspecified atom stereocenters. The molecule has 16 heavy (non-hydrogen) atoms. The highest BCUT2D eigenvalue weighted by Gasteiger charge is 2.04. The van der Waals surface area contributed by atoms with Crippen LogP contribution in [0.3, 0.4) is 0 Å². The predicted octanol–water partition coefficient (Wildman–Crippen LogP) is 4.43. The van der Waals surface area contributed by atoms with Gasteiger partial charge < -0.3 is 0 Å². The lowest BCUT2D eigenvalue weighted by molar-refractivity contribution is 0.755. The first-order chi connectivity index (χ1) is 7.86. The average Bonchev–Trinajstić information content (AvgIpc) is 2.38. The maximum atomic E-state index is 2.30. The van der Waals surface area contributed by atoms with Crippen molar-refractivity contribution < 1.29 is 0 Å². The Morgan fingerprint density at radius 3 is 2.06 bits per heavy atom. The van der Waals surface area contributed by atoms with Crippen LogP contribution in [0, 0.1) is 6.42 Å². The molecule has 81 valence electrons. The second kappa shape index (κ2) is 5.50. The third-order valence-electron chi connectivity index (χ3n) is 2.88. The molecule has 0 aliphatic carbocycles. The smallest absolute Gasteiger partial charge is 0.00872 e. The topological polar surface area (TPSA) is 0 Å². The van der Waals surface area contributed by atoms with Crippen LogP contribution in [0.15, 0.2) is 60.7 Å². The zero-order chi connectivity index (χ0) is 11.2. The summed E-state index contributed by atoms with van der Waals surface area (Å²) in [6.45, 7) is 2.27. The lowest BCUT2D eigenvalue weighted by Gasteiger charge is -2.11. The molecule has 2 aromatic carbocycles. The van der Waals surface area contributed by atoms with Gasteiger partial charge in [0.2, 0.25) is 0 Å². The molecule has 2 rings (SSSR count). The molecule has 1 radical (unpaired) electrons. The molecule has 0 N–H and O–H groups in total. The Labute approximate surface area is 97.9 Å². The van der Waals surface area contributed by atoms with Crippen molar-refractivity contribution in [3.63, 3.8) is 0 Å². The summed E-state index contributed by atoms with van der Waals surface area (Å²) in [5.41, 5.74) is 2.72. The van der Waals surface area contributed by atoms with Crippen molar-refractivity contribution >= 4 is 0 Å². The van der Waals surface area contributed by atoms with Crippen LogP contribution in [0.1, 0.15) is 30.4 Å². The Kier molecular flexibility index (Phi) is 3.76. The minimum atomic E-state index is 0.585. The van der Waals surface area contributed by atoms with Gasteiger partial charge in [-0.3, -0.25) is 0 Å². The first-order valence-electron chi connectivity index (χ1n) is 5.79. The molecule has 0 fully saturated rings. The molecule has 0 saturated heterocycles. The molecule has 0 spiro atoms. The van der Waals surface area contributed by atoms with Gasteiger partial charge in [-0.1, -0.05) is 67.6 Å². The third kappa shape index (κ3) is 2.96. The van der Waals surface area contributed by atoms with Crippen LogP contribution in [0.4, 0.5) is 0 Å². The van der Waals surface area contributed by atoms with E-state index in [9.17, 15) is 0 Å². The summed E-state index contributed by atoms with van der Waals surface area (Å²) in [6, 6.07) is 21.2. The molecule has 0 aromatic heterocycles. The first-order valence-corrected chi connectivity index (χ1v) is 5.79. The number of benzene rings is 2. The molecule has 0 aliphatic rings. The fraction of sp³-hybridized carbons (Fsp3) is 0.188. The Morgan fingerprint density at radius 2 is 1.44 bits per heavy atom. The van der Waals surface area contributed by atoms with Gasteiger partial charge in [-0.2, -0.15) is 0 Å². The molecule has 1 atom stereocenters.